The first-order chi connectivity index (χ1) is 6.79. The van der Waals surface area contributed by atoms with E-state index < -0.39 is 0 Å². The SMILES string of the molecule is Cn1cc(C(CN)OCC2CC2)cn1. The third-order valence-electron chi connectivity index (χ3n) is 2.54. The van der Waals surface area contributed by atoms with Gasteiger partial charge in [0.2, 0.25) is 0 Å². The molecular formula is C10H17N3O. The molecule has 1 aromatic rings. The molecule has 1 atom stereocenters. The van der Waals surface area contributed by atoms with Gasteiger partial charge in [-0.2, -0.15) is 5.10 Å². The molecule has 1 heterocycles. The van der Waals surface area contributed by atoms with Crippen molar-refractivity contribution in [3.63, 3.8) is 0 Å². The number of aromatic nitrogens is 2. The fourth-order valence-electron chi connectivity index (χ4n) is 1.44. The van der Waals surface area contributed by atoms with Crippen LogP contribution in [0.25, 0.3) is 0 Å². The second-order valence-electron chi connectivity index (χ2n) is 3.95. The number of nitrogens with zero attached hydrogens (tertiary/aromatic N) is 2. The summed E-state index contributed by atoms with van der Waals surface area (Å²) in [5.74, 6) is 0.778. The zero-order chi connectivity index (χ0) is 9.97. The van der Waals surface area contributed by atoms with Crippen molar-refractivity contribution in [1.82, 2.24) is 9.78 Å². The van der Waals surface area contributed by atoms with Crippen molar-refractivity contribution in [3.8, 4) is 0 Å². The number of rotatable bonds is 5. The van der Waals surface area contributed by atoms with Crippen LogP contribution < -0.4 is 5.73 Å². The molecule has 0 radical (unpaired) electrons. The topological polar surface area (TPSA) is 53.1 Å². The van der Waals surface area contributed by atoms with Crippen molar-refractivity contribution < 1.29 is 4.74 Å². The summed E-state index contributed by atoms with van der Waals surface area (Å²) < 4.78 is 7.51. The summed E-state index contributed by atoms with van der Waals surface area (Å²) in [6, 6.07) is 0. The van der Waals surface area contributed by atoms with Crippen LogP contribution >= 0.6 is 0 Å². The molecule has 0 aliphatic heterocycles. The second kappa shape index (κ2) is 4.11. The Morgan fingerprint density at radius 2 is 2.50 bits per heavy atom. The van der Waals surface area contributed by atoms with Crippen LogP contribution in [0.3, 0.4) is 0 Å². The maximum absolute atomic E-state index is 5.74. The van der Waals surface area contributed by atoms with Gasteiger partial charge in [0.15, 0.2) is 0 Å². The molecule has 1 aliphatic rings. The largest absolute Gasteiger partial charge is 0.372 e. The number of nitrogens with two attached hydrogens (primary N) is 1. The van der Waals surface area contributed by atoms with Crippen LogP contribution in [-0.2, 0) is 11.8 Å². The smallest absolute Gasteiger partial charge is 0.0977 e. The van der Waals surface area contributed by atoms with E-state index in [9.17, 15) is 0 Å². The first-order valence-electron chi connectivity index (χ1n) is 5.10. The molecule has 1 unspecified atom stereocenters. The summed E-state index contributed by atoms with van der Waals surface area (Å²) in [4.78, 5) is 0. The monoisotopic (exact) mass is 195 g/mol. The quantitative estimate of drug-likeness (QED) is 0.757. The van der Waals surface area contributed by atoms with E-state index in [2.05, 4.69) is 5.10 Å². The summed E-state index contributed by atoms with van der Waals surface area (Å²) in [5, 5.41) is 4.11. The minimum absolute atomic E-state index is 0.0179. The fourth-order valence-corrected chi connectivity index (χ4v) is 1.44. The number of ether oxygens (including phenoxy) is 1. The molecule has 2 N–H and O–H groups in total. The van der Waals surface area contributed by atoms with Crippen LogP contribution in [0.15, 0.2) is 12.4 Å². The summed E-state index contributed by atoms with van der Waals surface area (Å²) in [7, 11) is 1.90. The molecule has 4 heteroatoms. The van der Waals surface area contributed by atoms with E-state index in [1.807, 2.05) is 19.4 Å². The lowest BCUT2D eigenvalue weighted by Crippen LogP contribution is -2.16. The van der Waals surface area contributed by atoms with E-state index in [1.165, 1.54) is 12.8 Å². The van der Waals surface area contributed by atoms with E-state index in [0.29, 0.717) is 6.54 Å². The van der Waals surface area contributed by atoms with E-state index in [4.69, 9.17) is 10.5 Å². The zero-order valence-corrected chi connectivity index (χ0v) is 8.52. The van der Waals surface area contributed by atoms with Gasteiger partial charge in [0.1, 0.15) is 0 Å². The van der Waals surface area contributed by atoms with Crippen molar-refractivity contribution >= 4 is 0 Å². The molecule has 0 spiro atoms. The highest BCUT2D eigenvalue weighted by Crippen LogP contribution is 2.30. The highest BCUT2D eigenvalue weighted by atomic mass is 16.5. The van der Waals surface area contributed by atoms with Gasteiger partial charge in [0, 0.05) is 25.4 Å². The van der Waals surface area contributed by atoms with Crippen molar-refractivity contribution in [2.45, 2.75) is 18.9 Å². The standard InChI is InChI=1S/C10H17N3O/c1-13-6-9(5-12-13)10(4-11)14-7-8-2-3-8/h5-6,8,10H,2-4,7,11H2,1H3. The average Bonchev–Trinajstić information content (AvgIpc) is 2.90. The van der Waals surface area contributed by atoms with Crippen molar-refractivity contribution in [2.24, 2.45) is 18.7 Å². The number of hydrogen-bond acceptors (Lipinski definition) is 3. The molecule has 0 amide bonds. The Bertz CT molecular complexity index is 293. The molecule has 0 bridgehead atoms. The van der Waals surface area contributed by atoms with E-state index in [0.717, 1.165) is 18.1 Å². The maximum atomic E-state index is 5.74. The summed E-state index contributed by atoms with van der Waals surface area (Å²) >= 11 is 0. The molecule has 1 aromatic heterocycles. The Balaban J connectivity index is 1.90. The minimum atomic E-state index is 0.0179. The van der Waals surface area contributed by atoms with Crippen LogP contribution in [-0.4, -0.2) is 22.9 Å². The Kier molecular flexibility index (Phi) is 2.84. The first kappa shape index (κ1) is 9.68. The molecule has 1 aliphatic carbocycles. The molecular weight excluding hydrogens is 178 g/mol. The molecule has 2 rings (SSSR count). The lowest BCUT2D eigenvalue weighted by Gasteiger charge is -2.13. The van der Waals surface area contributed by atoms with Gasteiger partial charge in [-0.25, -0.2) is 0 Å². The Hall–Kier alpha value is -0.870. The van der Waals surface area contributed by atoms with Crippen molar-refractivity contribution in [1.29, 1.82) is 0 Å². The van der Waals surface area contributed by atoms with Gasteiger partial charge < -0.3 is 10.5 Å². The second-order valence-corrected chi connectivity index (χ2v) is 3.95. The van der Waals surface area contributed by atoms with Gasteiger partial charge >= 0.3 is 0 Å². The first-order valence-corrected chi connectivity index (χ1v) is 5.10. The molecule has 1 fully saturated rings. The molecule has 78 valence electrons. The maximum Gasteiger partial charge on any atom is 0.0977 e. The Morgan fingerprint density at radius 1 is 1.71 bits per heavy atom. The molecule has 4 nitrogen and oxygen atoms in total. The predicted octanol–water partition coefficient (Wildman–Crippen LogP) is 0.846. The lowest BCUT2D eigenvalue weighted by atomic mass is 10.2. The highest BCUT2D eigenvalue weighted by Gasteiger charge is 2.23. The van der Waals surface area contributed by atoms with Crippen LogP contribution in [0.5, 0.6) is 0 Å². The third kappa shape index (κ3) is 2.33. The van der Waals surface area contributed by atoms with Gasteiger partial charge in [-0.15, -0.1) is 0 Å². The van der Waals surface area contributed by atoms with Gasteiger partial charge in [0.25, 0.3) is 0 Å². The van der Waals surface area contributed by atoms with Gasteiger partial charge in [-0.05, 0) is 18.8 Å². The zero-order valence-electron chi connectivity index (χ0n) is 8.52. The predicted molar refractivity (Wildman–Crippen MR) is 53.7 cm³/mol. The van der Waals surface area contributed by atoms with Gasteiger partial charge in [0.05, 0.1) is 18.9 Å². The van der Waals surface area contributed by atoms with Crippen LogP contribution in [0.2, 0.25) is 0 Å². The van der Waals surface area contributed by atoms with Crippen LogP contribution in [0.1, 0.15) is 24.5 Å². The Morgan fingerprint density at radius 3 is 3.00 bits per heavy atom. The molecule has 14 heavy (non-hydrogen) atoms. The summed E-state index contributed by atoms with van der Waals surface area (Å²) in [6.45, 7) is 1.37. The average molecular weight is 195 g/mol. The number of aryl methyl sites for hydroxylation is 1. The Labute approximate surface area is 84.0 Å². The summed E-state index contributed by atoms with van der Waals surface area (Å²) in [6.07, 6.45) is 6.42. The lowest BCUT2D eigenvalue weighted by molar-refractivity contribution is 0.0510. The minimum Gasteiger partial charge on any atom is -0.372 e. The normalized spacial score (nSPS) is 18.4. The number of hydrogen-bond donors (Lipinski definition) is 1. The van der Waals surface area contributed by atoms with Crippen molar-refractivity contribution in [3.05, 3.63) is 18.0 Å². The third-order valence-corrected chi connectivity index (χ3v) is 2.54. The van der Waals surface area contributed by atoms with Crippen molar-refractivity contribution in [2.75, 3.05) is 13.2 Å². The van der Waals surface area contributed by atoms with Crippen LogP contribution in [0.4, 0.5) is 0 Å². The fraction of sp³-hybridized carbons (Fsp3) is 0.700. The van der Waals surface area contributed by atoms with E-state index in [-0.39, 0.29) is 6.10 Å². The van der Waals surface area contributed by atoms with Gasteiger partial charge in [-0.1, -0.05) is 0 Å². The molecule has 0 aromatic carbocycles. The van der Waals surface area contributed by atoms with Gasteiger partial charge in [-0.3, -0.25) is 4.68 Å². The molecule has 1 saturated carbocycles. The van der Waals surface area contributed by atoms with Crippen LogP contribution in [0, 0.1) is 5.92 Å². The van der Waals surface area contributed by atoms with E-state index in [1.54, 1.807) is 4.68 Å². The highest BCUT2D eigenvalue weighted by molar-refractivity contribution is 5.08. The van der Waals surface area contributed by atoms with E-state index >= 15 is 0 Å². The molecule has 0 saturated heterocycles. The summed E-state index contributed by atoms with van der Waals surface area (Å²) in [5.41, 5.74) is 6.74.